The van der Waals surface area contributed by atoms with Crippen molar-refractivity contribution in [2.24, 2.45) is 5.10 Å². The highest BCUT2D eigenvalue weighted by molar-refractivity contribution is 14.1. The predicted molar refractivity (Wildman–Crippen MR) is 147 cm³/mol. The Balaban J connectivity index is 1.61. The topological polar surface area (TPSA) is 150 Å². The Hall–Kier alpha value is -4.33. The molecule has 0 aliphatic heterocycles. The zero-order chi connectivity index (χ0) is 25.7. The number of hydrogen-bond acceptors (Lipinski definition) is 10. The number of non-ortho nitro benzene ring substituents is 1. The van der Waals surface area contributed by atoms with Gasteiger partial charge in [0.05, 0.1) is 11.1 Å². The zero-order valence-corrected chi connectivity index (χ0v) is 21.4. The molecule has 0 saturated heterocycles. The molecule has 11 nitrogen and oxygen atoms in total. The molecular weight excluding hydrogens is 575 g/mol. The van der Waals surface area contributed by atoms with Gasteiger partial charge in [-0.15, -0.1) is 0 Å². The summed E-state index contributed by atoms with van der Waals surface area (Å²) < 4.78 is 0.946. The summed E-state index contributed by atoms with van der Waals surface area (Å²) in [5.41, 5.74) is 6.89. The van der Waals surface area contributed by atoms with Crippen LogP contribution in [0.2, 0.25) is 0 Å². The summed E-state index contributed by atoms with van der Waals surface area (Å²) in [5.74, 6) is 0.684. The minimum Gasteiger partial charge on any atom is -0.507 e. The number of nitro groups is 1. The van der Waals surface area contributed by atoms with E-state index in [2.05, 4.69) is 58.7 Å². The molecular formula is C24H21IN8O3. The number of benzene rings is 3. The molecule has 0 fully saturated rings. The van der Waals surface area contributed by atoms with Crippen molar-refractivity contribution >= 4 is 63.7 Å². The molecule has 3 aromatic carbocycles. The zero-order valence-electron chi connectivity index (χ0n) is 19.2. The molecule has 0 aliphatic carbocycles. The first-order valence-electron chi connectivity index (χ1n) is 10.7. The maximum Gasteiger partial charge on any atom is 0.269 e. The first kappa shape index (κ1) is 24.8. The van der Waals surface area contributed by atoms with Gasteiger partial charge in [0.2, 0.25) is 17.8 Å². The van der Waals surface area contributed by atoms with Crippen molar-refractivity contribution in [3.63, 3.8) is 0 Å². The molecule has 0 radical (unpaired) electrons. The molecule has 0 unspecified atom stereocenters. The maximum absolute atomic E-state index is 10.9. The minimum absolute atomic E-state index is 0.0242. The maximum atomic E-state index is 10.9. The highest BCUT2D eigenvalue weighted by Gasteiger charge is 2.10. The van der Waals surface area contributed by atoms with Crippen LogP contribution in [-0.4, -0.2) is 31.2 Å². The van der Waals surface area contributed by atoms with Crippen LogP contribution < -0.4 is 16.1 Å². The molecule has 4 aromatic rings. The van der Waals surface area contributed by atoms with Gasteiger partial charge in [-0.2, -0.15) is 20.1 Å². The van der Waals surface area contributed by atoms with Crippen molar-refractivity contribution in [3.8, 4) is 5.75 Å². The van der Waals surface area contributed by atoms with Gasteiger partial charge in [0, 0.05) is 32.6 Å². The van der Waals surface area contributed by atoms with Crippen LogP contribution in [0.3, 0.4) is 0 Å². The minimum atomic E-state index is -0.468. The predicted octanol–water partition coefficient (Wildman–Crippen LogP) is 5.64. The quantitative estimate of drug-likeness (QED) is 0.0877. The third-order valence-electron chi connectivity index (χ3n) is 5.09. The molecule has 1 aromatic heterocycles. The molecule has 1 heterocycles. The van der Waals surface area contributed by atoms with E-state index in [4.69, 9.17) is 0 Å². The fourth-order valence-corrected chi connectivity index (χ4v) is 3.59. The van der Waals surface area contributed by atoms with Gasteiger partial charge in [-0.05, 0) is 90.0 Å². The van der Waals surface area contributed by atoms with E-state index in [1.807, 2.05) is 32.0 Å². The van der Waals surface area contributed by atoms with Crippen LogP contribution in [0.1, 0.15) is 16.7 Å². The fourth-order valence-electron chi connectivity index (χ4n) is 3.07. The van der Waals surface area contributed by atoms with E-state index >= 15 is 0 Å². The second-order valence-corrected chi connectivity index (χ2v) is 8.98. The lowest BCUT2D eigenvalue weighted by Crippen LogP contribution is -2.07. The molecule has 0 atom stereocenters. The average molecular weight is 596 g/mol. The number of halogens is 1. The van der Waals surface area contributed by atoms with E-state index in [0.717, 1.165) is 20.4 Å². The number of hydrazone groups is 1. The summed E-state index contributed by atoms with van der Waals surface area (Å²) in [5, 5.41) is 31.3. The highest BCUT2D eigenvalue weighted by Crippen LogP contribution is 2.22. The lowest BCUT2D eigenvalue weighted by molar-refractivity contribution is -0.384. The lowest BCUT2D eigenvalue weighted by atomic mass is 10.1. The number of aromatic nitrogens is 3. The summed E-state index contributed by atoms with van der Waals surface area (Å²) >= 11 is 2.14. The van der Waals surface area contributed by atoms with E-state index in [-0.39, 0.29) is 29.3 Å². The van der Waals surface area contributed by atoms with Gasteiger partial charge in [0.1, 0.15) is 5.75 Å². The molecule has 0 spiro atoms. The van der Waals surface area contributed by atoms with Gasteiger partial charge < -0.3 is 15.7 Å². The molecule has 36 heavy (non-hydrogen) atoms. The van der Waals surface area contributed by atoms with E-state index < -0.39 is 4.92 Å². The van der Waals surface area contributed by atoms with Gasteiger partial charge in [0.25, 0.3) is 5.69 Å². The van der Waals surface area contributed by atoms with Crippen LogP contribution in [0.15, 0.2) is 65.8 Å². The Bertz CT molecular complexity index is 1440. The first-order valence-corrected chi connectivity index (χ1v) is 11.7. The van der Waals surface area contributed by atoms with E-state index in [9.17, 15) is 15.2 Å². The van der Waals surface area contributed by atoms with Crippen molar-refractivity contribution in [2.45, 2.75) is 13.8 Å². The molecule has 0 saturated carbocycles. The number of nitrogens with one attached hydrogen (secondary N) is 3. The Morgan fingerprint density at radius 3 is 2.19 bits per heavy atom. The lowest BCUT2D eigenvalue weighted by Gasteiger charge is -2.11. The van der Waals surface area contributed by atoms with Crippen molar-refractivity contribution in [1.29, 1.82) is 0 Å². The summed E-state index contributed by atoms with van der Waals surface area (Å²) in [4.78, 5) is 23.6. The van der Waals surface area contributed by atoms with Gasteiger partial charge in [0.15, 0.2) is 0 Å². The van der Waals surface area contributed by atoms with Crippen molar-refractivity contribution < 1.29 is 10.0 Å². The Kier molecular flexibility index (Phi) is 7.53. The standard InChI is InChI=1S/C24H21IN8O3/c1-14-3-5-19(11-15(14)2)28-23-29-22(27-18-6-8-20(9-7-18)33(35)36)30-24(31-23)32-26-13-16-12-17(25)4-10-21(16)34/h3-13,34H,1-2H3,(H3,27,28,29,30,31,32)/b26-13+. The van der Waals surface area contributed by atoms with Crippen molar-refractivity contribution in [1.82, 2.24) is 15.0 Å². The van der Waals surface area contributed by atoms with Gasteiger partial charge in [-0.3, -0.25) is 10.1 Å². The summed E-state index contributed by atoms with van der Waals surface area (Å²) in [6, 6.07) is 16.9. The molecule has 0 amide bonds. The summed E-state index contributed by atoms with van der Waals surface area (Å²) in [7, 11) is 0. The van der Waals surface area contributed by atoms with Crippen LogP contribution in [0.4, 0.5) is 34.9 Å². The van der Waals surface area contributed by atoms with Crippen LogP contribution in [0, 0.1) is 27.5 Å². The third-order valence-corrected chi connectivity index (χ3v) is 5.76. The van der Waals surface area contributed by atoms with Gasteiger partial charge in [-0.1, -0.05) is 6.07 Å². The first-order chi connectivity index (χ1) is 17.3. The Morgan fingerprint density at radius 1 is 0.889 bits per heavy atom. The van der Waals surface area contributed by atoms with Crippen LogP contribution in [0.25, 0.3) is 0 Å². The Labute approximate surface area is 220 Å². The smallest absolute Gasteiger partial charge is 0.269 e. The summed E-state index contributed by atoms with van der Waals surface area (Å²) in [6.07, 6.45) is 1.46. The van der Waals surface area contributed by atoms with Gasteiger partial charge >= 0.3 is 0 Å². The summed E-state index contributed by atoms with van der Waals surface area (Å²) in [6.45, 7) is 4.04. The number of nitro benzene ring substituents is 1. The van der Waals surface area contributed by atoms with E-state index in [0.29, 0.717) is 11.3 Å². The number of aryl methyl sites for hydroxylation is 2. The third kappa shape index (κ3) is 6.41. The number of anilines is 5. The van der Waals surface area contributed by atoms with Crippen LogP contribution in [-0.2, 0) is 0 Å². The van der Waals surface area contributed by atoms with Crippen LogP contribution >= 0.6 is 22.6 Å². The van der Waals surface area contributed by atoms with Gasteiger partial charge in [-0.25, -0.2) is 5.43 Å². The number of phenols is 1. The average Bonchev–Trinajstić information content (AvgIpc) is 2.84. The normalized spacial score (nSPS) is 10.9. The molecule has 4 rings (SSSR count). The Morgan fingerprint density at radius 2 is 1.53 bits per heavy atom. The van der Waals surface area contributed by atoms with E-state index in [1.165, 1.54) is 18.3 Å². The number of hydrogen-bond donors (Lipinski definition) is 4. The van der Waals surface area contributed by atoms with Crippen molar-refractivity contribution in [2.75, 3.05) is 16.1 Å². The number of rotatable bonds is 8. The molecule has 0 bridgehead atoms. The second kappa shape index (κ2) is 10.9. The molecule has 0 aliphatic rings. The molecule has 4 N–H and O–H groups in total. The van der Waals surface area contributed by atoms with Crippen molar-refractivity contribution in [3.05, 3.63) is 91.0 Å². The second-order valence-electron chi connectivity index (χ2n) is 7.73. The van der Waals surface area contributed by atoms with E-state index in [1.54, 1.807) is 30.3 Å². The monoisotopic (exact) mass is 596 g/mol. The number of nitrogens with zero attached hydrogens (tertiary/aromatic N) is 5. The fraction of sp³-hybridized carbons (Fsp3) is 0.0833. The highest BCUT2D eigenvalue weighted by atomic mass is 127. The van der Waals surface area contributed by atoms with Crippen LogP contribution in [0.5, 0.6) is 5.75 Å². The largest absolute Gasteiger partial charge is 0.507 e. The number of aromatic hydroxyl groups is 1. The molecule has 12 heteroatoms. The SMILES string of the molecule is Cc1ccc(Nc2nc(N/N=C/c3cc(I)ccc3O)nc(Nc3ccc([N+](=O)[O-])cc3)n2)cc1C. The molecule has 182 valence electrons. The number of phenolic OH excluding ortho intramolecular Hbond substituents is 1.